The highest BCUT2D eigenvalue weighted by molar-refractivity contribution is 5.80. The van der Waals surface area contributed by atoms with Gasteiger partial charge in [0.25, 0.3) is 0 Å². The van der Waals surface area contributed by atoms with E-state index in [0.717, 1.165) is 0 Å². The van der Waals surface area contributed by atoms with E-state index in [0.29, 0.717) is 0 Å². The molecule has 0 spiro atoms. The highest BCUT2D eigenvalue weighted by Crippen LogP contribution is 2.01. The first-order chi connectivity index (χ1) is 7.86. The first-order valence-electron chi connectivity index (χ1n) is 4.99. The Labute approximate surface area is 97.4 Å². The lowest BCUT2D eigenvalue weighted by Crippen LogP contribution is -2.47. The summed E-state index contributed by atoms with van der Waals surface area (Å²) in [5, 5.41) is 28.3. The van der Waals surface area contributed by atoms with Gasteiger partial charge >= 0.3 is 17.9 Å². The molecule has 0 rings (SSSR count). The lowest BCUT2D eigenvalue weighted by molar-refractivity contribution is -0.146. The van der Waals surface area contributed by atoms with Crippen LogP contribution in [0.2, 0.25) is 0 Å². The average molecular weight is 248 g/mol. The van der Waals surface area contributed by atoms with Gasteiger partial charge in [0.05, 0.1) is 6.42 Å². The van der Waals surface area contributed by atoms with Crippen LogP contribution in [0.3, 0.4) is 0 Å². The van der Waals surface area contributed by atoms with Crippen LogP contribution >= 0.6 is 0 Å². The van der Waals surface area contributed by atoms with E-state index in [2.05, 4.69) is 5.32 Å². The summed E-state index contributed by atoms with van der Waals surface area (Å²) in [4.78, 5) is 31.5. The lowest BCUT2D eigenvalue weighted by atomic mass is 10.1. The summed E-state index contributed by atoms with van der Waals surface area (Å²) in [6.45, 7) is 0.0384. The van der Waals surface area contributed by atoms with Gasteiger partial charge in [-0.25, -0.2) is 0 Å². The van der Waals surface area contributed by atoms with Crippen LogP contribution < -0.4 is 11.1 Å². The van der Waals surface area contributed by atoms with Gasteiger partial charge in [0, 0.05) is 19.0 Å². The van der Waals surface area contributed by atoms with Crippen molar-refractivity contribution in [1.29, 1.82) is 0 Å². The summed E-state index contributed by atoms with van der Waals surface area (Å²) < 4.78 is 0. The molecule has 0 amide bonds. The molecule has 0 aliphatic heterocycles. The topological polar surface area (TPSA) is 150 Å². The monoisotopic (exact) mass is 248 g/mol. The molecule has 0 saturated heterocycles. The largest absolute Gasteiger partial charge is 0.481 e. The van der Waals surface area contributed by atoms with Crippen LogP contribution in [0.15, 0.2) is 0 Å². The minimum atomic E-state index is -1.30. The van der Waals surface area contributed by atoms with Crippen molar-refractivity contribution in [3.63, 3.8) is 0 Å². The molecule has 0 radical (unpaired) electrons. The summed E-state index contributed by atoms with van der Waals surface area (Å²) in [6.07, 6.45) is -0.595. The summed E-state index contributed by atoms with van der Waals surface area (Å²) in [7, 11) is 0. The second kappa shape index (κ2) is 7.58. The van der Waals surface area contributed by atoms with Crippen molar-refractivity contribution in [2.75, 3.05) is 6.54 Å². The van der Waals surface area contributed by atoms with Gasteiger partial charge in [-0.1, -0.05) is 0 Å². The minimum absolute atomic E-state index is 0.0384. The van der Waals surface area contributed by atoms with E-state index in [4.69, 9.17) is 21.1 Å². The molecule has 8 heteroatoms. The second-order valence-electron chi connectivity index (χ2n) is 3.52. The first kappa shape index (κ1) is 15.3. The van der Waals surface area contributed by atoms with Gasteiger partial charge in [-0.3, -0.25) is 19.7 Å². The molecule has 0 aliphatic carbocycles. The highest BCUT2D eigenvalue weighted by atomic mass is 16.4. The second-order valence-corrected chi connectivity index (χ2v) is 3.52. The zero-order valence-electron chi connectivity index (χ0n) is 9.13. The maximum atomic E-state index is 10.7. The van der Waals surface area contributed by atoms with Crippen molar-refractivity contribution in [1.82, 2.24) is 5.32 Å². The number of rotatable bonds is 9. The quantitative estimate of drug-likeness (QED) is 0.337. The highest BCUT2D eigenvalue weighted by Gasteiger charge is 2.23. The number of hydrogen-bond donors (Lipinski definition) is 5. The summed E-state index contributed by atoms with van der Waals surface area (Å²) >= 11 is 0. The number of carboxylic acid groups (broad SMARTS) is 3. The molecule has 0 aromatic carbocycles. The molecule has 0 aliphatic rings. The van der Waals surface area contributed by atoms with Crippen molar-refractivity contribution in [3.05, 3.63) is 0 Å². The number of nitrogens with one attached hydrogen (secondary N) is 1. The molecular weight excluding hydrogens is 232 g/mol. The van der Waals surface area contributed by atoms with Crippen molar-refractivity contribution in [2.24, 2.45) is 5.73 Å². The molecule has 6 N–H and O–H groups in total. The molecule has 0 aromatic rings. The summed E-state index contributed by atoms with van der Waals surface area (Å²) in [5.41, 5.74) is 5.34. The Morgan fingerprint density at radius 2 is 1.71 bits per heavy atom. The molecule has 0 aromatic heterocycles. The van der Waals surface area contributed by atoms with Gasteiger partial charge in [0.15, 0.2) is 0 Å². The number of nitrogens with two attached hydrogens (primary N) is 1. The van der Waals surface area contributed by atoms with Crippen molar-refractivity contribution < 1.29 is 29.7 Å². The van der Waals surface area contributed by atoms with Crippen LogP contribution in [0.4, 0.5) is 0 Å². The number of aliphatic carboxylic acids is 3. The Hall–Kier alpha value is -1.67. The third-order valence-electron chi connectivity index (χ3n) is 2.10. The third kappa shape index (κ3) is 7.25. The Kier molecular flexibility index (Phi) is 6.83. The van der Waals surface area contributed by atoms with E-state index in [1.165, 1.54) is 0 Å². The van der Waals surface area contributed by atoms with E-state index < -0.39 is 36.4 Å². The van der Waals surface area contributed by atoms with E-state index in [1.54, 1.807) is 0 Å². The molecule has 0 heterocycles. The Bertz CT molecular complexity index is 293. The van der Waals surface area contributed by atoms with E-state index in [-0.39, 0.29) is 19.4 Å². The zero-order chi connectivity index (χ0) is 13.4. The minimum Gasteiger partial charge on any atom is -0.481 e. The van der Waals surface area contributed by atoms with E-state index in [9.17, 15) is 14.4 Å². The molecule has 0 saturated carbocycles. The molecular formula is C9H16N2O6. The van der Waals surface area contributed by atoms with Crippen LogP contribution in [-0.2, 0) is 14.4 Å². The first-order valence-corrected chi connectivity index (χ1v) is 4.99. The van der Waals surface area contributed by atoms with Gasteiger partial charge in [0.1, 0.15) is 6.04 Å². The smallest absolute Gasteiger partial charge is 0.321 e. The molecule has 17 heavy (non-hydrogen) atoms. The normalized spacial score (nSPS) is 13.9. The van der Waals surface area contributed by atoms with Crippen molar-refractivity contribution in [3.8, 4) is 0 Å². The molecule has 98 valence electrons. The van der Waals surface area contributed by atoms with E-state index >= 15 is 0 Å². The maximum absolute atomic E-state index is 10.7. The van der Waals surface area contributed by atoms with Crippen LogP contribution in [0.5, 0.6) is 0 Å². The molecule has 2 unspecified atom stereocenters. The fourth-order valence-electron chi connectivity index (χ4n) is 1.24. The van der Waals surface area contributed by atoms with Gasteiger partial charge in [0.2, 0.25) is 0 Å². The molecule has 8 nitrogen and oxygen atoms in total. The summed E-state index contributed by atoms with van der Waals surface area (Å²) in [6, 6.07) is -1.80. The van der Waals surface area contributed by atoms with Crippen LogP contribution in [0.1, 0.15) is 19.3 Å². The van der Waals surface area contributed by atoms with E-state index in [1.807, 2.05) is 0 Å². The van der Waals surface area contributed by atoms with Gasteiger partial charge < -0.3 is 21.1 Å². The number of carboxylic acids is 3. The standard InChI is InChI=1S/C9H16N2O6/c10-4-5(1-2-7(12)13)11-6(9(16)17)3-8(14)15/h5-6,11H,1-4,10H2,(H,12,13)(H,14,15)(H,16,17). The fraction of sp³-hybridized carbons (Fsp3) is 0.667. The third-order valence-corrected chi connectivity index (χ3v) is 2.10. The zero-order valence-corrected chi connectivity index (χ0v) is 9.13. The maximum Gasteiger partial charge on any atom is 0.321 e. The molecule has 0 fully saturated rings. The SMILES string of the molecule is NCC(CCC(=O)O)NC(CC(=O)O)C(=O)O. The van der Waals surface area contributed by atoms with Crippen LogP contribution in [0, 0.1) is 0 Å². The lowest BCUT2D eigenvalue weighted by Gasteiger charge is -2.20. The predicted octanol–water partition coefficient (Wildman–Crippen LogP) is -1.30. The Morgan fingerprint density at radius 1 is 1.12 bits per heavy atom. The van der Waals surface area contributed by atoms with Crippen LogP contribution in [0.25, 0.3) is 0 Å². The van der Waals surface area contributed by atoms with Crippen LogP contribution in [-0.4, -0.2) is 51.9 Å². The average Bonchev–Trinajstić information content (AvgIpc) is 2.21. The van der Waals surface area contributed by atoms with Crippen molar-refractivity contribution >= 4 is 17.9 Å². The number of carbonyl (C=O) groups is 3. The number of hydrogen-bond acceptors (Lipinski definition) is 5. The predicted molar refractivity (Wildman–Crippen MR) is 56.5 cm³/mol. The fourth-order valence-corrected chi connectivity index (χ4v) is 1.24. The van der Waals surface area contributed by atoms with Gasteiger partial charge in [-0.2, -0.15) is 0 Å². The van der Waals surface area contributed by atoms with Gasteiger partial charge in [-0.05, 0) is 6.42 Å². The van der Waals surface area contributed by atoms with Crippen molar-refractivity contribution in [2.45, 2.75) is 31.3 Å². The molecule has 2 atom stereocenters. The molecule has 0 bridgehead atoms. The van der Waals surface area contributed by atoms with Gasteiger partial charge in [-0.15, -0.1) is 0 Å². The Morgan fingerprint density at radius 3 is 2.06 bits per heavy atom. The summed E-state index contributed by atoms with van der Waals surface area (Å²) in [5.74, 6) is -3.57. The Balaban J connectivity index is 4.32.